The van der Waals surface area contributed by atoms with E-state index in [9.17, 15) is 4.79 Å². The molecule has 35 heavy (non-hydrogen) atoms. The van der Waals surface area contributed by atoms with E-state index in [0.29, 0.717) is 23.2 Å². The summed E-state index contributed by atoms with van der Waals surface area (Å²) in [6.45, 7) is 8.09. The van der Waals surface area contributed by atoms with Gasteiger partial charge < -0.3 is 9.64 Å². The lowest BCUT2D eigenvalue weighted by Crippen LogP contribution is -2.38. The average Bonchev–Trinajstić information content (AvgIpc) is 3.49. The number of likely N-dealkylation sites (tertiary alicyclic amines) is 1. The summed E-state index contributed by atoms with van der Waals surface area (Å²) in [6, 6.07) is 8.84. The van der Waals surface area contributed by atoms with Crippen LogP contribution in [-0.2, 0) is 24.2 Å². The second-order valence-electron chi connectivity index (χ2n) is 9.32. The summed E-state index contributed by atoms with van der Waals surface area (Å²) in [4.78, 5) is 27.5. The third-order valence-corrected chi connectivity index (χ3v) is 7.37. The van der Waals surface area contributed by atoms with Gasteiger partial charge in [-0.2, -0.15) is 9.78 Å². The number of methoxy groups -OCH3 is 1. The lowest BCUT2D eigenvalue weighted by molar-refractivity contribution is 0.0772. The number of nitrogens with zero attached hydrogens (tertiary/aromatic N) is 6. The first-order chi connectivity index (χ1) is 17.1. The van der Waals surface area contributed by atoms with Crippen molar-refractivity contribution in [3.05, 3.63) is 59.0 Å². The maximum Gasteiger partial charge on any atom is 0.257 e. The number of ether oxygens (including phenoxy) is 1. The van der Waals surface area contributed by atoms with E-state index in [1.54, 1.807) is 18.0 Å². The number of benzene rings is 1. The van der Waals surface area contributed by atoms with Gasteiger partial charge in [-0.25, -0.2) is 9.97 Å². The Morgan fingerprint density at radius 1 is 1.14 bits per heavy atom. The number of hydrogen-bond acceptors (Lipinski definition) is 6. The van der Waals surface area contributed by atoms with Crippen molar-refractivity contribution < 1.29 is 9.53 Å². The summed E-state index contributed by atoms with van der Waals surface area (Å²) < 4.78 is 7.16. The van der Waals surface area contributed by atoms with E-state index in [2.05, 4.69) is 53.1 Å². The molecule has 3 aromatic rings. The van der Waals surface area contributed by atoms with Crippen LogP contribution in [0.15, 0.2) is 36.7 Å². The molecule has 1 aliphatic heterocycles. The van der Waals surface area contributed by atoms with Crippen molar-refractivity contribution in [3.63, 3.8) is 0 Å². The second kappa shape index (κ2) is 10.3. The molecule has 184 valence electrons. The molecular weight excluding hydrogens is 440 g/mol. The number of carbonyl (C=O) groups excluding carboxylic acids is 1. The first-order valence-corrected chi connectivity index (χ1v) is 12.7. The van der Waals surface area contributed by atoms with E-state index in [0.717, 1.165) is 68.7 Å². The van der Waals surface area contributed by atoms with Gasteiger partial charge in [-0.15, -0.1) is 0 Å². The minimum atomic E-state index is -0.00179. The number of aryl methyl sites for hydroxylation is 2. The predicted molar refractivity (Wildman–Crippen MR) is 135 cm³/mol. The molecule has 1 unspecified atom stereocenters. The molecule has 5 rings (SSSR count). The molecular formula is C27H34N6O2. The minimum Gasteiger partial charge on any atom is -0.378 e. The molecule has 0 spiro atoms. The van der Waals surface area contributed by atoms with Gasteiger partial charge in [0.15, 0.2) is 0 Å². The van der Waals surface area contributed by atoms with Crippen molar-refractivity contribution in [2.24, 2.45) is 0 Å². The molecule has 8 heteroatoms. The maximum atomic E-state index is 13.5. The summed E-state index contributed by atoms with van der Waals surface area (Å²) in [5, 5.41) is 4.57. The third kappa shape index (κ3) is 4.48. The molecule has 0 saturated carbocycles. The van der Waals surface area contributed by atoms with Gasteiger partial charge in [-0.05, 0) is 49.9 Å². The summed E-state index contributed by atoms with van der Waals surface area (Å²) >= 11 is 0. The molecule has 1 saturated heterocycles. The molecule has 8 nitrogen and oxygen atoms in total. The van der Waals surface area contributed by atoms with Gasteiger partial charge in [0.05, 0.1) is 29.8 Å². The van der Waals surface area contributed by atoms with E-state index in [-0.39, 0.29) is 12.5 Å². The number of hydrogen-bond donors (Lipinski definition) is 0. The van der Waals surface area contributed by atoms with Gasteiger partial charge in [0, 0.05) is 38.0 Å². The van der Waals surface area contributed by atoms with Gasteiger partial charge in [-0.1, -0.05) is 38.1 Å². The highest BCUT2D eigenvalue weighted by molar-refractivity contribution is 5.95. The Bertz CT molecular complexity index is 1200. The Labute approximate surface area is 206 Å². The standard InChI is InChI=1S/C27H34N6O2/c1-4-31(5-2)21-13-14-32(17-21)26(34)23-16-29-33(24(23)18-35-3)27-28-15-20-11-8-10-19-9-6-7-12-22(19)25(20)30-27/h6-7,9,12,15-16,21H,4-5,8,10-11,13-14,17-18H2,1-3H3. The van der Waals surface area contributed by atoms with Crippen LogP contribution < -0.4 is 0 Å². The Balaban J connectivity index is 1.48. The zero-order chi connectivity index (χ0) is 24.4. The van der Waals surface area contributed by atoms with E-state index in [1.165, 1.54) is 5.56 Å². The Morgan fingerprint density at radius 3 is 2.74 bits per heavy atom. The Hall–Kier alpha value is -3.10. The number of amides is 1. The van der Waals surface area contributed by atoms with Crippen LogP contribution in [0.2, 0.25) is 0 Å². The average molecular weight is 475 g/mol. The SMILES string of the molecule is CCN(CC)C1CCN(C(=O)c2cnn(-c3ncc4c(n3)-c3ccccc3CCC4)c2COC)C1. The highest BCUT2D eigenvalue weighted by atomic mass is 16.5. The lowest BCUT2D eigenvalue weighted by Gasteiger charge is -2.26. The van der Waals surface area contributed by atoms with Crippen LogP contribution >= 0.6 is 0 Å². The zero-order valence-corrected chi connectivity index (χ0v) is 20.9. The van der Waals surface area contributed by atoms with Crippen molar-refractivity contribution in [2.45, 2.75) is 52.2 Å². The molecule has 1 atom stereocenters. The van der Waals surface area contributed by atoms with Crippen LogP contribution in [0.5, 0.6) is 0 Å². The van der Waals surface area contributed by atoms with E-state index in [4.69, 9.17) is 9.72 Å². The highest BCUT2D eigenvalue weighted by Crippen LogP contribution is 2.31. The van der Waals surface area contributed by atoms with Crippen molar-refractivity contribution in [3.8, 4) is 17.2 Å². The van der Waals surface area contributed by atoms with Gasteiger partial charge in [-0.3, -0.25) is 9.69 Å². The number of aromatic nitrogens is 4. The molecule has 0 bridgehead atoms. The molecule has 1 aromatic carbocycles. The minimum absolute atomic E-state index is 0.00179. The first kappa shape index (κ1) is 23.6. The van der Waals surface area contributed by atoms with Crippen LogP contribution in [0.4, 0.5) is 0 Å². The van der Waals surface area contributed by atoms with Crippen molar-refractivity contribution in [1.82, 2.24) is 29.5 Å². The quantitative estimate of drug-likeness (QED) is 0.522. The van der Waals surface area contributed by atoms with Crippen molar-refractivity contribution >= 4 is 5.91 Å². The maximum absolute atomic E-state index is 13.5. The molecule has 1 fully saturated rings. The van der Waals surface area contributed by atoms with Crippen molar-refractivity contribution in [1.29, 1.82) is 0 Å². The van der Waals surface area contributed by atoms with Crippen LogP contribution in [0.1, 0.15) is 53.9 Å². The van der Waals surface area contributed by atoms with Crippen LogP contribution in [0.25, 0.3) is 17.2 Å². The smallest absolute Gasteiger partial charge is 0.257 e. The van der Waals surface area contributed by atoms with Crippen LogP contribution in [0, 0.1) is 0 Å². The molecule has 2 aliphatic rings. The summed E-state index contributed by atoms with van der Waals surface area (Å²) in [7, 11) is 1.63. The molecule has 0 N–H and O–H groups in total. The van der Waals surface area contributed by atoms with Crippen LogP contribution in [0.3, 0.4) is 0 Å². The summed E-state index contributed by atoms with van der Waals surface area (Å²) in [5.74, 6) is 0.465. The zero-order valence-electron chi connectivity index (χ0n) is 20.9. The van der Waals surface area contributed by atoms with E-state index < -0.39 is 0 Å². The normalized spacial score (nSPS) is 17.4. The topological polar surface area (TPSA) is 76.4 Å². The molecule has 3 heterocycles. The third-order valence-electron chi connectivity index (χ3n) is 7.37. The number of likely N-dealkylation sites (N-methyl/N-ethyl adjacent to an activating group) is 1. The number of fused-ring (bicyclic) bond motifs is 3. The number of carbonyl (C=O) groups is 1. The van der Waals surface area contributed by atoms with Gasteiger partial charge in [0.2, 0.25) is 0 Å². The van der Waals surface area contributed by atoms with Crippen molar-refractivity contribution in [2.75, 3.05) is 33.3 Å². The predicted octanol–water partition coefficient (Wildman–Crippen LogP) is 3.52. The molecule has 1 amide bonds. The Morgan fingerprint density at radius 2 is 1.94 bits per heavy atom. The van der Waals surface area contributed by atoms with Gasteiger partial charge in [0.1, 0.15) is 0 Å². The Kier molecular flexibility index (Phi) is 6.92. The molecule has 2 aromatic heterocycles. The fourth-order valence-corrected chi connectivity index (χ4v) is 5.49. The largest absolute Gasteiger partial charge is 0.378 e. The fourth-order valence-electron chi connectivity index (χ4n) is 5.49. The van der Waals surface area contributed by atoms with E-state index >= 15 is 0 Å². The lowest BCUT2D eigenvalue weighted by atomic mass is 10.0. The van der Waals surface area contributed by atoms with E-state index in [1.807, 2.05) is 11.1 Å². The second-order valence-corrected chi connectivity index (χ2v) is 9.32. The van der Waals surface area contributed by atoms with Crippen LogP contribution in [-0.4, -0.2) is 74.8 Å². The fraction of sp³-hybridized carbons (Fsp3) is 0.481. The molecule has 0 radical (unpaired) electrons. The van der Waals surface area contributed by atoms with Gasteiger partial charge in [0.25, 0.3) is 11.9 Å². The first-order valence-electron chi connectivity index (χ1n) is 12.7. The highest BCUT2D eigenvalue weighted by Gasteiger charge is 2.32. The van der Waals surface area contributed by atoms with Gasteiger partial charge >= 0.3 is 0 Å². The summed E-state index contributed by atoms with van der Waals surface area (Å²) in [5.41, 5.74) is 5.81. The molecule has 1 aliphatic carbocycles. The monoisotopic (exact) mass is 474 g/mol. The number of rotatable bonds is 7. The summed E-state index contributed by atoms with van der Waals surface area (Å²) in [6.07, 6.45) is 7.60.